The van der Waals surface area contributed by atoms with Crippen LogP contribution in [0.3, 0.4) is 0 Å². The van der Waals surface area contributed by atoms with Crippen molar-refractivity contribution >= 4 is 27.9 Å². The maximum atomic E-state index is 12.3. The Morgan fingerprint density at radius 1 is 1.12 bits per heavy atom. The Bertz CT molecular complexity index is 1270. The third-order valence-corrected chi connectivity index (χ3v) is 4.24. The number of hydrogen-bond acceptors (Lipinski definition) is 5. The second-order valence-corrected chi connectivity index (χ2v) is 5.86. The fourth-order valence-corrected chi connectivity index (χ4v) is 2.94. The number of rotatable bonds is 4. The second kappa shape index (κ2) is 5.59. The molecule has 3 heterocycles. The highest BCUT2D eigenvalue weighted by Crippen LogP contribution is 2.15. The van der Waals surface area contributed by atoms with E-state index in [0.717, 1.165) is 27.8 Å². The van der Waals surface area contributed by atoms with Gasteiger partial charge in [0.15, 0.2) is 0 Å². The molecule has 0 aliphatic rings. The largest absolute Gasteiger partial charge is 0.351 e. The molecule has 0 bridgehead atoms. The molecule has 128 valence electrons. The van der Waals surface area contributed by atoms with Crippen molar-refractivity contribution < 1.29 is 0 Å². The summed E-state index contributed by atoms with van der Waals surface area (Å²) in [5.41, 5.74) is 4.00. The molecule has 0 saturated carbocycles. The van der Waals surface area contributed by atoms with Crippen LogP contribution in [0.1, 0.15) is 0 Å². The van der Waals surface area contributed by atoms with Gasteiger partial charge in [-0.05, 0) is 30.3 Å². The summed E-state index contributed by atoms with van der Waals surface area (Å²) in [7, 11) is 0. The first-order valence-electron chi connectivity index (χ1n) is 8.05. The molecule has 9 nitrogen and oxygen atoms in total. The minimum absolute atomic E-state index is 0.227. The number of para-hydroxylation sites is 1. The summed E-state index contributed by atoms with van der Waals surface area (Å²) in [6.07, 6.45) is 3.35. The molecule has 0 spiro atoms. The molecule has 9 heteroatoms. The Morgan fingerprint density at radius 3 is 3.00 bits per heavy atom. The van der Waals surface area contributed by atoms with E-state index in [0.29, 0.717) is 12.5 Å². The van der Waals surface area contributed by atoms with Crippen LogP contribution >= 0.6 is 0 Å². The highest BCUT2D eigenvalue weighted by Gasteiger charge is 2.08. The molecular weight excluding hydrogens is 332 g/mol. The van der Waals surface area contributed by atoms with Crippen molar-refractivity contribution in [1.82, 2.24) is 34.5 Å². The molecule has 0 saturated heterocycles. The fourth-order valence-electron chi connectivity index (χ4n) is 2.94. The van der Waals surface area contributed by atoms with Crippen molar-refractivity contribution in [3.63, 3.8) is 0 Å². The standard InChI is InChI=1S/C17H14N8O/c26-17-21-16(20-10-25-15-4-2-1-3-13(15)22-23-25)8-24(17)11-5-6-12-14(7-11)19-9-18-12/h1-9,20H,10H2,(H,18,19)(H,21,26). The molecule has 2 aromatic carbocycles. The van der Waals surface area contributed by atoms with Gasteiger partial charge in [0.25, 0.3) is 0 Å². The SMILES string of the molecule is O=c1[nH]c(NCn2nnc3ccccc32)cn1-c1ccc2nc[nH]c2c1. The predicted molar refractivity (Wildman–Crippen MR) is 97.2 cm³/mol. The minimum Gasteiger partial charge on any atom is -0.351 e. The Labute approximate surface area is 146 Å². The molecular formula is C17H14N8O. The van der Waals surface area contributed by atoms with E-state index in [1.54, 1.807) is 21.8 Å². The van der Waals surface area contributed by atoms with E-state index in [1.165, 1.54) is 0 Å². The van der Waals surface area contributed by atoms with Crippen molar-refractivity contribution in [3.05, 3.63) is 65.5 Å². The molecule has 5 aromatic rings. The van der Waals surface area contributed by atoms with Gasteiger partial charge in [-0.1, -0.05) is 17.3 Å². The van der Waals surface area contributed by atoms with E-state index in [9.17, 15) is 4.79 Å². The summed E-state index contributed by atoms with van der Waals surface area (Å²) in [6, 6.07) is 13.3. The highest BCUT2D eigenvalue weighted by atomic mass is 16.1. The molecule has 3 aromatic heterocycles. The molecule has 26 heavy (non-hydrogen) atoms. The van der Waals surface area contributed by atoms with Gasteiger partial charge in [-0.15, -0.1) is 5.10 Å². The van der Waals surface area contributed by atoms with Crippen molar-refractivity contribution in [1.29, 1.82) is 0 Å². The maximum Gasteiger partial charge on any atom is 0.331 e. The number of nitrogens with zero attached hydrogens (tertiary/aromatic N) is 5. The normalized spacial score (nSPS) is 11.4. The number of hydrogen-bond donors (Lipinski definition) is 3. The monoisotopic (exact) mass is 346 g/mol. The smallest absolute Gasteiger partial charge is 0.331 e. The lowest BCUT2D eigenvalue weighted by molar-refractivity contribution is 0.654. The van der Waals surface area contributed by atoms with Gasteiger partial charge in [0.2, 0.25) is 0 Å². The fraction of sp³-hybridized carbons (Fsp3) is 0.0588. The zero-order valence-electron chi connectivity index (χ0n) is 13.5. The average Bonchev–Trinajstić information content (AvgIpc) is 3.37. The van der Waals surface area contributed by atoms with Crippen LogP contribution in [0.25, 0.3) is 27.8 Å². The number of fused-ring (bicyclic) bond motifs is 2. The third kappa shape index (κ3) is 2.34. The van der Waals surface area contributed by atoms with E-state index in [1.807, 2.05) is 42.5 Å². The van der Waals surface area contributed by atoms with Gasteiger partial charge in [-0.25, -0.2) is 14.5 Å². The number of aromatic amines is 2. The van der Waals surface area contributed by atoms with Crippen molar-refractivity contribution in [2.24, 2.45) is 0 Å². The number of benzene rings is 2. The first-order chi connectivity index (χ1) is 12.8. The van der Waals surface area contributed by atoms with Crippen LogP contribution in [0.15, 0.2) is 59.8 Å². The number of H-pyrrole nitrogens is 2. The predicted octanol–water partition coefficient (Wildman–Crippen LogP) is 1.86. The topological polar surface area (TPSA) is 109 Å². The van der Waals surface area contributed by atoms with E-state index >= 15 is 0 Å². The van der Waals surface area contributed by atoms with Crippen molar-refractivity contribution in [3.8, 4) is 5.69 Å². The van der Waals surface area contributed by atoms with E-state index < -0.39 is 0 Å². The molecule has 0 radical (unpaired) electrons. The summed E-state index contributed by atoms with van der Waals surface area (Å²) < 4.78 is 3.28. The Morgan fingerprint density at radius 2 is 2.04 bits per heavy atom. The highest BCUT2D eigenvalue weighted by molar-refractivity contribution is 5.77. The number of aromatic nitrogens is 7. The van der Waals surface area contributed by atoms with Crippen LogP contribution in [-0.2, 0) is 6.67 Å². The lowest BCUT2D eigenvalue weighted by atomic mass is 10.3. The first kappa shape index (κ1) is 14.5. The third-order valence-electron chi connectivity index (χ3n) is 4.24. The van der Waals surface area contributed by atoms with Crippen molar-refractivity contribution in [2.75, 3.05) is 5.32 Å². The molecule has 5 rings (SSSR count). The Balaban J connectivity index is 1.42. The maximum absolute atomic E-state index is 12.3. The molecule has 0 aliphatic heterocycles. The first-order valence-corrected chi connectivity index (χ1v) is 8.05. The van der Waals surface area contributed by atoms with Gasteiger partial charge in [-0.3, -0.25) is 9.55 Å². The van der Waals surface area contributed by atoms with E-state index in [2.05, 4.69) is 30.6 Å². The molecule has 0 fully saturated rings. The van der Waals surface area contributed by atoms with Crippen LogP contribution < -0.4 is 11.0 Å². The Hall–Kier alpha value is -3.88. The quantitative estimate of drug-likeness (QED) is 0.460. The van der Waals surface area contributed by atoms with Gasteiger partial charge < -0.3 is 10.3 Å². The molecule has 0 atom stereocenters. The lowest BCUT2D eigenvalue weighted by Gasteiger charge is -2.04. The summed E-state index contributed by atoms with van der Waals surface area (Å²) in [4.78, 5) is 22.3. The summed E-state index contributed by atoms with van der Waals surface area (Å²) in [5.74, 6) is 0.597. The zero-order chi connectivity index (χ0) is 17.5. The van der Waals surface area contributed by atoms with Crippen LogP contribution in [0.4, 0.5) is 5.82 Å². The Kier molecular flexibility index (Phi) is 3.11. The van der Waals surface area contributed by atoms with Gasteiger partial charge in [-0.2, -0.15) is 0 Å². The lowest BCUT2D eigenvalue weighted by Crippen LogP contribution is -2.14. The van der Waals surface area contributed by atoms with E-state index in [-0.39, 0.29) is 5.69 Å². The van der Waals surface area contributed by atoms with Crippen LogP contribution in [0, 0.1) is 0 Å². The minimum atomic E-state index is -0.227. The number of anilines is 1. The molecule has 3 N–H and O–H groups in total. The molecule has 0 aliphatic carbocycles. The number of imidazole rings is 2. The van der Waals surface area contributed by atoms with Gasteiger partial charge in [0.1, 0.15) is 18.0 Å². The zero-order valence-corrected chi connectivity index (χ0v) is 13.5. The summed E-state index contributed by atoms with van der Waals surface area (Å²) in [5, 5.41) is 11.4. The average molecular weight is 346 g/mol. The van der Waals surface area contributed by atoms with Gasteiger partial charge in [0.05, 0.1) is 34.8 Å². The van der Waals surface area contributed by atoms with Crippen LogP contribution in [0.5, 0.6) is 0 Å². The van der Waals surface area contributed by atoms with Gasteiger partial charge in [0, 0.05) is 0 Å². The van der Waals surface area contributed by atoms with Gasteiger partial charge >= 0.3 is 5.69 Å². The second-order valence-electron chi connectivity index (χ2n) is 5.86. The number of nitrogens with one attached hydrogen (secondary N) is 3. The molecule has 0 unspecified atom stereocenters. The van der Waals surface area contributed by atoms with Crippen molar-refractivity contribution in [2.45, 2.75) is 6.67 Å². The van der Waals surface area contributed by atoms with Crippen LogP contribution in [0.2, 0.25) is 0 Å². The summed E-state index contributed by atoms with van der Waals surface area (Å²) in [6.45, 7) is 0.389. The molecule has 0 amide bonds. The van der Waals surface area contributed by atoms with Crippen LogP contribution in [-0.4, -0.2) is 34.5 Å². The summed E-state index contributed by atoms with van der Waals surface area (Å²) >= 11 is 0. The van der Waals surface area contributed by atoms with E-state index in [4.69, 9.17) is 0 Å².